The average molecular weight is 913 g/mol. The molecule has 2 heterocycles. The first kappa shape index (κ1) is 48.4. The maximum Gasteiger partial charge on any atom is 0.309 e. The Morgan fingerprint density at radius 2 is 0.754 bits per heavy atom. The van der Waals surface area contributed by atoms with Gasteiger partial charge >= 0.3 is 7.48 Å². The fourth-order valence-corrected chi connectivity index (χ4v) is 11.4. The molecule has 9 rings (SSSR count). The first-order chi connectivity index (χ1) is 32.1. The third-order valence-electron chi connectivity index (χ3n) is 19.3. The van der Waals surface area contributed by atoms with E-state index in [-0.39, 0.29) is 32.5 Å². The van der Waals surface area contributed by atoms with Crippen molar-refractivity contribution in [1.29, 1.82) is 0 Å². The largest absolute Gasteiger partial charge is 0.427 e. The average Bonchev–Trinajstić information content (AvgIpc) is 3.49. The van der Waals surface area contributed by atoms with Gasteiger partial charge in [0.05, 0.1) is 22.6 Å². The van der Waals surface area contributed by atoms with Gasteiger partial charge < -0.3 is 9.76 Å². The maximum absolute atomic E-state index is 11.1. The van der Waals surface area contributed by atoms with Crippen molar-refractivity contribution >= 4 is 12.9 Å². The molecule has 2 aliphatic rings. The van der Waals surface area contributed by atoms with Gasteiger partial charge in [0.2, 0.25) is 0 Å². The van der Waals surface area contributed by atoms with Gasteiger partial charge in [-0.3, -0.25) is 9.97 Å². The predicted octanol–water partition coefficient (Wildman–Crippen LogP) is 15.2. The summed E-state index contributed by atoms with van der Waals surface area (Å²) < 4.78 is 6.56. The number of fused-ring (bicyclic) bond motifs is 2. The zero-order valence-electron chi connectivity index (χ0n) is 44.2. The molecule has 0 atom stereocenters. The maximum atomic E-state index is 11.1. The van der Waals surface area contributed by atoms with Gasteiger partial charge in [-0.05, 0) is 146 Å². The van der Waals surface area contributed by atoms with Gasteiger partial charge in [0.1, 0.15) is 0 Å². The Balaban J connectivity index is 1.08. The highest BCUT2D eigenvalue weighted by atomic mass is 16.5. The van der Waals surface area contributed by atoms with E-state index in [0.29, 0.717) is 7.48 Å². The van der Waals surface area contributed by atoms with Crippen molar-refractivity contribution in [2.75, 3.05) is 0 Å². The molecule has 0 radical (unpaired) electrons. The molecule has 0 saturated heterocycles. The van der Waals surface area contributed by atoms with Gasteiger partial charge in [0, 0.05) is 34.6 Å². The standard InChI is InChI=1S/C64H73BN2O2/c1-57(2)51-29-25-40(36-53(51)59(5,6)61(57,9)10)55-31-27-42(38-66-55)47-21-17-19-23-49(47)44-33-45(35-46(34-44)65-69-64(15,16)63(13,14)68)50-24-20-18-22-48(50)43-28-32-56(67-39-43)41-26-30-52-54(37-41)60(7,8)62(11,12)58(52,3)4/h17-39,65,68H,1-16H3. The third-order valence-corrected chi connectivity index (χ3v) is 19.3. The van der Waals surface area contributed by atoms with E-state index in [4.69, 9.17) is 14.6 Å². The first-order valence-corrected chi connectivity index (χ1v) is 25.0. The molecule has 0 saturated carbocycles. The van der Waals surface area contributed by atoms with E-state index in [1.54, 1.807) is 13.8 Å². The van der Waals surface area contributed by atoms with E-state index >= 15 is 0 Å². The van der Waals surface area contributed by atoms with Crippen LogP contribution in [0.1, 0.15) is 133 Å². The van der Waals surface area contributed by atoms with E-state index in [0.717, 1.165) is 72.5 Å². The molecule has 354 valence electrons. The smallest absolute Gasteiger partial charge is 0.309 e. The number of benzene rings is 5. The Morgan fingerprint density at radius 1 is 0.406 bits per heavy atom. The monoisotopic (exact) mass is 913 g/mol. The lowest BCUT2D eigenvalue weighted by atomic mass is 9.59. The second-order valence-corrected chi connectivity index (χ2v) is 24.5. The first-order valence-electron chi connectivity index (χ1n) is 25.0. The lowest BCUT2D eigenvalue weighted by molar-refractivity contribution is -0.0893. The summed E-state index contributed by atoms with van der Waals surface area (Å²) in [6.07, 6.45) is 4.05. The SMILES string of the molecule is CC(C)(O)C(C)(C)OBc1cc(-c2ccccc2-c2ccc(-c3ccc4c(c3)C(C)(C)C(C)(C)C4(C)C)nc2)cc(-c2ccccc2-c2ccc(-c3ccc4c(c3)C(C)(C)C(C)(C)C4(C)C)nc2)c1. The molecule has 0 fully saturated rings. The van der Waals surface area contributed by atoms with E-state index in [2.05, 4.69) is 210 Å². The molecule has 0 spiro atoms. The number of rotatable bonds is 10. The zero-order chi connectivity index (χ0) is 49.9. The van der Waals surface area contributed by atoms with Crippen LogP contribution in [-0.4, -0.2) is 33.8 Å². The summed E-state index contributed by atoms with van der Waals surface area (Å²) in [5.41, 5.74) is 18.1. The number of aliphatic hydroxyl groups is 1. The van der Waals surface area contributed by atoms with Gasteiger partial charge in [-0.15, -0.1) is 0 Å². The molecule has 1 N–H and O–H groups in total. The summed E-state index contributed by atoms with van der Waals surface area (Å²) in [5, 5.41) is 11.1. The molecule has 2 aliphatic carbocycles. The zero-order valence-corrected chi connectivity index (χ0v) is 44.2. The van der Waals surface area contributed by atoms with Crippen LogP contribution in [0.25, 0.3) is 67.0 Å². The fourth-order valence-electron chi connectivity index (χ4n) is 11.4. The Kier molecular flexibility index (Phi) is 11.4. The molecule has 5 aromatic carbocycles. The van der Waals surface area contributed by atoms with Crippen LogP contribution >= 0.6 is 0 Å². The highest BCUT2D eigenvalue weighted by Gasteiger charge is 2.58. The van der Waals surface area contributed by atoms with Crippen LogP contribution in [0.5, 0.6) is 0 Å². The van der Waals surface area contributed by atoms with Crippen molar-refractivity contribution in [2.24, 2.45) is 10.8 Å². The highest BCUT2D eigenvalue weighted by molar-refractivity contribution is 6.47. The second kappa shape index (κ2) is 16.2. The molecular weight excluding hydrogens is 840 g/mol. The van der Waals surface area contributed by atoms with Crippen molar-refractivity contribution < 1.29 is 9.76 Å². The summed E-state index contributed by atoms with van der Waals surface area (Å²) in [6.45, 7) is 36.3. The molecule has 0 bridgehead atoms. The molecule has 0 aliphatic heterocycles. The topological polar surface area (TPSA) is 55.2 Å². The number of aromatic nitrogens is 2. The lowest BCUT2D eigenvalue weighted by Gasteiger charge is -2.44. The molecule has 7 aromatic rings. The van der Waals surface area contributed by atoms with Crippen molar-refractivity contribution in [3.63, 3.8) is 0 Å². The van der Waals surface area contributed by atoms with Crippen LogP contribution in [0.3, 0.4) is 0 Å². The van der Waals surface area contributed by atoms with Gasteiger partial charge in [-0.1, -0.05) is 186 Å². The minimum Gasteiger partial charge on any atom is -0.427 e. The normalized spacial score (nSPS) is 18.1. The summed E-state index contributed by atoms with van der Waals surface area (Å²) >= 11 is 0. The molecule has 4 nitrogen and oxygen atoms in total. The molecule has 2 aromatic heterocycles. The highest BCUT2D eigenvalue weighted by Crippen LogP contribution is 2.63. The van der Waals surface area contributed by atoms with E-state index in [9.17, 15) is 5.11 Å². The predicted molar refractivity (Wildman–Crippen MR) is 293 cm³/mol. The third kappa shape index (κ3) is 7.57. The Morgan fingerprint density at radius 3 is 1.10 bits per heavy atom. The van der Waals surface area contributed by atoms with Crippen LogP contribution in [-0.2, 0) is 26.3 Å². The van der Waals surface area contributed by atoms with Crippen LogP contribution in [0.4, 0.5) is 0 Å². The number of hydrogen-bond acceptors (Lipinski definition) is 4. The Hall–Kier alpha value is -5.62. The summed E-state index contributed by atoms with van der Waals surface area (Å²) in [5.74, 6) is 0. The van der Waals surface area contributed by atoms with E-state index < -0.39 is 11.2 Å². The Labute approximate surface area is 414 Å². The molecule has 69 heavy (non-hydrogen) atoms. The van der Waals surface area contributed by atoms with Crippen molar-refractivity contribution in [2.45, 2.75) is 144 Å². The second-order valence-electron chi connectivity index (χ2n) is 24.5. The summed E-state index contributed by atoms with van der Waals surface area (Å²) in [6, 6.07) is 46.7. The number of hydrogen-bond donors (Lipinski definition) is 1. The van der Waals surface area contributed by atoms with E-state index in [1.165, 1.54) is 22.3 Å². The fraction of sp³-hybridized carbons (Fsp3) is 0.375. The van der Waals surface area contributed by atoms with Gasteiger partial charge in [0.25, 0.3) is 0 Å². The summed E-state index contributed by atoms with van der Waals surface area (Å²) in [4.78, 5) is 10.2. The lowest BCUT2D eigenvalue weighted by Crippen LogP contribution is -2.49. The van der Waals surface area contributed by atoms with Gasteiger partial charge in [-0.2, -0.15) is 0 Å². The van der Waals surface area contributed by atoms with Crippen LogP contribution < -0.4 is 5.46 Å². The Bertz CT molecular complexity index is 2910. The molecule has 0 unspecified atom stereocenters. The van der Waals surface area contributed by atoms with Crippen LogP contribution in [0, 0.1) is 10.8 Å². The minimum absolute atomic E-state index is 0.0153. The molecule has 5 heteroatoms. The van der Waals surface area contributed by atoms with Gasteiger partial charge in [-0.25, -0.2) is 0 Å². The van der Waals surface area contributed by atoms with Crippen LogP contribution in [0.2, 0.25) is 0 Å². The van der Waals surface area contributed by atoms with Crippen molar-refractivity contribution in [1.82, 2.24) is 9.97 Å². The summed E-state index contributed by atoms with van der Waals surface area (Å²) in [7, 11) is 0.326. The van der Waals surface area contributed by atoms with Crippen molar-refractivity contribution in [3.05, 3.63) is 162 Å². The number of nitrogens with zero attached hydrogens (tertiary/aromatic N) is 2. The van der Waals surface area contributed by atoms with Crippen molar-refractivity contribution in [3.8, 4) is 67.0 Å². The van der Waals surface area contributed by atoms with E-state index in [1.807, 2.05) is 26.2 Å². The van der Waals surface area contributed by atoms with Crippen LogP contribution in [0.15, 0.2) is 140 Å². The molecule has 0 amide bonds. The number of pyridine rings is 2. The molecular formula is C64H73BN2O2. The quantitative estimate of drug-likeness (QED) is 0.139. The minimum atomic E-state index is -1.04. The van der Waals surface area contributed by atoms with Gasteiger partial charge in [0.15, 0.2) is 0 Å².